The first kappa shape index (κ1) is 71.5. The number of halogens is 3. The summed E-state index contributed by atoms with van der Waals surface area (Å²) in [5, 5.41) is 24.1. The average molecular weight is 1510 g/mol. The Balaban J connectivity index is 0.000000145. The molecule has 500 valence electrons. The number of H-pyrrole nitrogens is 4. The molecule has 4 aromatic carbocycles. The molecule has 10 heterocycles. The van der Waals surface area contributed by atoms with Crippen molar-refractivity contribution in [2.75, 3.05) is 52.8 Å². The van der Waals surface area contributed by atoms with Gasteiger partial charge in [0.2, 0.25) is 22.2 Å². The second kappa shape index (κ2) is 33.7. The Morgan fingerprint density at radius 2 is 0.755 bits per heavy atom. The number of hydrogen-bond acceptors (Lipinski definition) is 15. The summed E-state index contributed by atoms with van der Waals surface area (Å²) in [4.78, 5) is 122. The molecule has 0 spiro atoms. The van der Waals surface area contributed by atoms with E-state index in [0.717, 1.165) is 97.5 Å². The normalized spacial score (nSPS) is 12.1. The molecule has 23 nitrogen and oxygen atoms in total. The number of nitrogens with two attached hydrogens (primary N) is 1. The zero-order valence-corrected chi connectivity index (χ0v) is 58.2. The van der Waals surface area contributed by atoms with Crippen LogP contribution in [0.4, 0.5) is 28.4 Å². The summed E-state index contributed by atoms with van der Waals surface area (Å²) in [5.41, 5.74) is 17.3. The Hall–Kier alpha value is -10.8. The summed E-state index contributed by atoms with van der Waals surface area (Å²) in [5.74, 6) is -1.56. The first-order chi connectivity index (χ1) is 47.1. The molecule has 2 saturated heterocycles. The number of amides is 3. The van der Waals surface area contributed by atoms with E-state index in [1.807, 2.05) is 64.1 Å². The minimum absolute atomic E-state index is 0.0743. The summed E-state index contributed by atoms with van der Waals surface area (Å²) < 4.78 is 1.77. The number of benzene rings is 4. The van der Waals surface area contributed by atoms with Crippen LogP contribution in [0.3, 0.4) is 0 Å². The van der Waals surface area contributed by atoms with Gasteiger partial charge in [0, 0.05) is 156 Å². The maximum Gasteiger partial charge on any atom is 0.336 e. The van der Waals surface area contributed by atoms with Crippen molar-refractivity contribution in [3.05, 3.63) is 270 Å². The van der Waals surface area contributed by atoms with Gasteiger partial charge in [-0.15, -0.1) is 0 Å². The standard InChI is InChI=1S/C20H20N4O2.2C16H12BrN3O2.C10H10N2O.C6H4BrNO2.C4H9N/c1-13-10-19(25)23-17-5-4-14(11-16(13)17)22-20(26)15-6-7-21-12-18(15)24-8-2-3-9-24;2*1-9-6-15(21)20-14-3-2-10(7-12(9)14)19-16(22)11-4-5-18-8-13(11)17;1-6-4-10(13)12-9-3-2-7(11)5-8(6)9;7-5-3-8-2-1-4(5)6(9)10;1-2-4-5-3-1/h4-7,10-12H,2-3,8-9H2,1H3,(H,22,26)(H,23,25);2*2-8H,1H3,(H,19,22)(H,20,21);2-5H,11H2,1H3,(H,12,13);1-3H,(H,9,10);5H,1-4H2. The van der Waals surface area contributed by atoms with Gasteiger partial charge >= 0.3 is 5.97 Å². The SMILES string of the molecule is C1CCNC1.Cc1cc(=O)[nH]c2ccc(N)cc12.Cc1cc(=O)[nH]c2ccc(NC(=O)c3ccncc3Br)cc12.Cc1cc(=O)[nH]c2ccc(NC(=O)c3ccncc3Br)cc12.Cc1cc(=O)[nH]c2ccc(NC(=O)c3ccncc3N3CCCC3)cc12.O=C(O)c1ccncc1Br. The number of fused-ring (bicyclic) bond motifs is 4. The third-order valence-corrected chi connectivity index (χ3v) is 17.4. The molecule has 11 N–H and O–H groups in total. The molecule has 0 radical (unpaired) electrons. The van der Waals surface area contributed by atoms with Crippen LogP contribution in [0.25, 0.3) is 43.6 Å². The van der Waals surface area contributed by atoms with Crippen LogP contribution in [0.15, 0.2) is 203 Å². The number of carboxylic acid groups (broad SMARTS) is 1. The van der Waals surface area contributed by atoms with Crippen LogP contribution in [-0.2, 0) is 0 Å². The number of anilines is 5. The number of hydrogen-bond donors (Lipinski definition) is 10. The second-order valence-corrected chi connectivity index (χ2v) is 25.2. The van der Waals surface area contributed by atoms with Crippen molar-refractivity contribution in [3.63, 3.8) is 0 Å². The van der Waals surface area contributed by atoms with E-state index in [-0.39, 0.29) is 45.5 Å². The largest absolute Gasteiger partial charge is 0.478 e. The molecule has 2 aliphatic heterocycles. The van der Waals surface area contributed by atoms with Crippen molar-refractivity contribution in [1.29, 1.82) is 0 Å². The lowest BCUT2D eigenvalue weighted by atomic mass is 10.1. The Kier molecular flexibility index (Phi) is 24.6. The Morgan fingerprint density at radius 3 is 1.09 bits per heavy atom. The maximum absolute atomic E-state index is 12.8. The summed E-state index contributed by atoms with van der Waals surface area (Å²) in [6.45, 7) is 11.9. The lowest BCUT2D eigenvalue weighted by Gasteiger charge is -2.20. The Bertz CT molecular complexity index is 5020. The molecule has 12 aromatic rings. The van der Waals surface area contributed by atoms with E-state index < -0.39 is 5.97 Å². The van der Waals surface area contributed by atoms with Gasteiger partial charge in [-0.1, -0.05) is 0 Å². The van der Waals surface area contributed by atoms with Crippen molar-refractivity contribution in [2.45, 2.75) is 53.4 Å². The summed E-state index contributed by atoms with van der Waals surface area (Å²) in [6, 6.07) is 34.4. The van der Waals surface area contributed by atoms with E-state index in [1.54, 1.807) is 104 Å². The highest BCUT2D eigenvalue weighted by Crippen LogP contribution is 2.28. The van der Waals surface area contributed by atoms with Gasteiger partial charge < -0.3 is 56.9 Å². The highest BCUT2D eigenvalue weighted by molar-refractivity contribution is 9.11. The van der Waals surface area contributed by atoms with Crippen LogP contribution in [0.5, 0.6) is 0 Å². The second-order valence-electron chi connectivity index (χ2n) is 22.6. The fraction of sp³-hybridized carbons (Fsp3) is 0.167. The lowest BCUT2D eigenvalue weighted by molar-refractivity contribution is 0.0695. The third-order valence-electron chi connectivity index (χ3n) is 15.5. The average Bonchev–Trinajstić information content (AvgIpc) is 0.898. The van der Waals surface area contributed by atoms with Gasteiger partial charge in [0.25, 0.3) is 17.7 Å². The number of nitrogens with one attached hydrogen (secondary N) is 8. The van der Waals surface area contributed by atoms with Crippen molar-refractivity contribution < 1.29 is 24.3 Å². The van der Waals surface area contributed by atoms with Crippen LogP contribution >= 0.6 is 47.8 Å². The van der Waals surface area contributed by atoms with Gasteiger partial charge in [-0.3, -0.25) is 53.5 Å². The smallest absolute Gasteiger partial charge is 0.336 e. The maximum atomic E-state index is 12.8. The predicted octanol–water partition coefficient (Wildman–Crippen LogP) is 12.9. The molecule has 2 fully saturated rings. The quantitative estimate of drug-likeness (QED) is 0.0632. The Labute approximate surface area is 585 Å². The molecule has 0 unspecified atom stereocenters. The lowest BCUT2D eigenvalue weighted by Crippen LogP contribution is -2.23. The molecule has 26 heteroatoms. The molecular weight excluding hydrogens is 1440 g/mol. The molecule has 2 aliphatic rings. The molecule has 98 heavy (non-hydrogen) atoms. The third kappa shape index (κ3) is 19.2. The van der Waals surface area contributed by atoms with E-state index >= 15 is 0 Å². The first-order valence-corrected chi connectivity index (χ1v) is 33.1. The highest BCUT2D eigenvalue weighted by atomic mass is 79.9. The van der Waals surface area contributed by atoms with Crippen LogP contribution in [-0.4, -0.2) is 94.8 Å². The number of aromatic carboxylic acids is 1. The predicted molar refractivity (Wildman–Crippen MR) is 396 cm³/mol. The number of nitrogen functional groups attached to an aromatic ring is 1. The highest BCUT2D eigenvalue weighted by Gasteiger charge is 2.21. The van der Waals surface area contributed by atoms with E-state index in [4.69, 9.17) is 10.8 Å². The first-order valence-electron chi connectivity index (χ1n) is 30.7. The minimum Gasteiger partial charge on any atom is -0.478 e. The van der Waals surface area contributed by atoms with E-state index in [1.165, 1.54) is 56.5 Å². The van der Waals surface area contributed by atoms with Crippen molar-refractivity contribution >= 4 is 144 Å². The Morgan fingerprint density at radius 1 is 0.429 bits per heavy atom. The zero-order valence-electron chi connectivity index (χ0n) is 53.5. The van der Waals surface area contributed by atoms with Crippen LogP contribution in [0.2, 0.25) is 0 Å². The molecule has 0 bridgehead atoms. The van der Waals surface area contributed by atoms with Crippen molar-refractivity contribution in [1.82, 2.24) is 45.2 Å². The van der Waals surface area contributed by atoms with Gasteiger partial charge in [-0.2, -0.15) is 0 Å². The number of nitrogens with zero attached hydrogens (tertiary/aromatic N) is 5. The summed E-state index contributed by atoms with van der Waals surface area (Å²) in [6.07, 6.45) is 17.6. The molecule has 0 saturated carbocycles. The van der Waals surface area contributed by atoms with Gasteiger partial charge in [-0.25, -0.2) is 4.79 Å². The number of carbonyl (C=O) groups is 4. The fourth-order valence-electron chi connectivity index (χ4n) is 10.6. The van der Waals surface area contributed by atoms with E-state index in [2.05, 4.69) is 114 Å². The van der Waals surface area contributed by atoms with Gasteiger partial charge in [-0.05, 0) is 234 Å². The van der Waals surface area contributed by atoms with Gasteiger partial charge in [0.15, 0.2) is 0 Å². The molecule has 3 amide bonds. The van der Waals surface area contributed by atoms with Gasteiger partial charge in [0.05, 0.1) is 38.6 Å². The summed E-state index contributed by atoms with van der Waals surface area (Å²) >= 11 is 9.67. The number of carboxylic acids is 1. The van der Waals surface area contributed by atoms with E-state index in [0.29, 0.717) is 52.9 Å². The van der Waals surface area contributed by atoms with Crippen LogP contribution < -0.4 is 54.1 Å². The summed E-state index contributed by atoms with van der Waals surface area (Å²) in [7, 11) is 0. The van der Waals surface area contributed by atoms with Gasteiger partial charge in [0.1, 0.15) is 0 Å². The van der Waals surface area contributed by atoms with Crippen LogP contribution in [0, 0.1) is 27.7 Å². The molecule has 0 aliphatic carbocycles. The van der Waals surface area contributed by atoms with Crippen molar-refractivity contribution in [3.8, 4) is 0 Å². The number of aryl methyl sites for hydroxylation is 4. The number of pyridine rings is 8. The number of aromatic nitrogens is 8. The zero-order chi connectivity index (χ0) is 70.0. The van der Waals surface area contributed by atoms with Crippen molar-refractivity contribution in [2.24, 2.45) is 0 Å². The minimum atomic E-state index is -0.950. The van der Waals surface area contributed by atoms with Crippen LogP contribution in [0.1, 0.15) is 89.4 Å². The molecule has 0 atom stereocenters. The van der Waals surface area contributed by atoms with E-state index in [9.17, 15) is 38.4 Å². The number of aromatic amines is 4. The monoisotopic (exact) mass is 1510 g/mol. The molecule has 14 rings (SSSR count). The molecular formula is C72H67Br3N14O9. The topological polar surface area (TPSA) is 349 Å². The molecule has 8 aromatic heterocycles. The number of rotatable bonds is 8. The number of carbonyl (C=O) groups excluding carboxylic acids is 3. The fourth-order valence-corrected chi connectivity index (χ4v) is 11.9.